The Morgan fingerprint density at radius 3 is 2.34 bits per heavy atom. The number of nitrogens with two attached hydrogens (primary N) is 1. The summed E-state index contributed by atoms with van der Waals surface area (Å²) in [5.74, 6) is 1.92. The van der Waals surface area contributed by atoms with Gasteiger partial charge in [0.1, 0.15) is 5.82 Å². The lowest BCUT2D eigenvalue weighted by molar-refractivity contribution is -0.137. The summed E-state index contributed by atoms with van der Waals surface area (Å²) in [5.41, 5.74) is 5.56. The van der Waals surface area contributed by atoms with E-state index in [1.54, 1.807) is 13.3 Å². The van der Waals surface area contributed by atoms with Gasteiger partial charge in [-0.2, -0.15) is 4.98 Å². The molecule has 41 heavy (non-hydrogen) atoms. The van der Waals surface area contributed by atoms with Gasteiger partial charge < -0.3 is 25.6 Å². The van der Waals surface area contributed by atoms with E-state index in [1.165, 1.54) is 83.6 Å². The van der Waals surface area contributed by atoms with E-state index < -0.39 is 0 Å². The number of rotatable bonds is 9. The molecule has 0 bridgehead atoms. The number of nitrogens with zero attached hydrogens (tertiary/aromatic N) is 5. The van der Waals surface area contributed by atoms with E-state index in [2.05, 4.69) is 30.0 Å². The van der Waals surface area contributed by atoms with Gasteiger partial charge in [-0.15, -0.1) is 0 Å². The highest BCUT2D eigenvalue weighted by atomic mass is 16.5. The monoisotopic (exact) mass is 571 g/mol. The average Bonchev–Trinajstić information content (AvgIpc) is 3.32. The van der Waals surface area contributed by atoms with E-state index in [-0.39, 0.29) is 5.92 Å². The van der Waals surface area contributed by atoms with E-state index in [1.807, 2.05) is 6.07 Å². The molecule has 4 aliphatic rings. The van der Waals surface area contributed by atoms with Crippen molar-refractivity contribution in [2.24, 2.45) is 5.92 Å². The first-order valence-electron chi connectivity index (χ1n) is 16.7. The smallest absolute Gasteiger partial charge is 0.225 e. The zero-order chi connectivity index (χ0) is 28.7. The van der Waals surface area contributed by atoms with Crippen LogP contribution in [0.3, 0.4) is 0 Å². The number of carbonyl (C=O) groups is 1. The average molecular weight is 572 g/mol. The van der Waals surface area contributed by atoms with Gasteiger partial charge in [-0.1, -0.05) is 38.5 Å². The molecule has 4 heterocycles. The number of nitrogen functional groups attached to an aromatic ring is 1. The third-order valence-corrected chi connectivity index (χ3v) is 9.60. The van der Waals surface area contributed by atoms with Crippen LogP contribution in [0.4, 0.5) is 11.8 Å². The molecular weight excluding hydrogens is 514 g/mol. The van der Waals surface area contributed by atoms with Crippen molar-refractivity contribution in [1.29, 1.82) is 0 Å². The summed E-state index contributed by atoms with van der Waals surface area (Å²) in [5, 5.41) is 3.38. The Hall–Kier alpha value is -1.97. The molecule has 1 aliphatic carbocycles. The Morgan fingerprint density at radius 2 is 1.63 bits per heavy atom. The lowest BCUT2D eigenvalue weighted by atomic mass is 9.89. The van der Waals surface area contributed by atoms with E-state index in [9.17, 15) is 4.79 Å². The topological polar surface area (TPSA) is 99.8 Å². The van der Waals surface area contributed by atoms with Crippen molar-refractivity contribution in [3.8, 4) is 0 Å². The van der Waals surface area contributed by atoms with E-state index in [0.29, 0.717) is 24.5 Å². The van der Waals surface area contributed by atoms with Crippen LogP contribution in [-0.4, -0.2) is 97.3 Å². The van der Waals surface area contributed by atoms with Crippen LogP contribution >= 0.6 is 0 Å². The van der Waals surface area contributed by atoms with Crippen LogP contribution in [-0.2, 0) is 9.53 Å². The van der Waals surface area contributed by atoms with Crippen LogP contribution in [0.1, 0.15) is 96.3 Å². The predicted octanol–water partition coefficient (Wildman–Crippen LogP) is 4.48. The van der Waals surface area contributed by atoms with Crippen molar-refractivity contribution >= 4 is 17.7 Å². The number of amides is 1. The van der Waals surface area contributed by atoms with Crippen molar-refractivity contribution in [2.75, 3.05) is 70.2 Å². The molecule has 1 aromatic rings. The Kier molecular flexibility index (Phi) is 13.9. The Balaban J connectivity index is 0.000000231. The minimum Gasteiger partial charge on any atom is -0.383 e. The quantitative estimate of drug-likeness (QED) is 0.448. The molecule has 232 valence electrons. The van der Waals surface area contributed by atoms with Gasteiger partial charge in [0.25, 0.3) is 0 Å². The molecule has 0 unspecified atom stereocenters. The molecule has 1 atom stereocenters. The Bertz CT molecular complexity index is 867. The second-order valence-electron chi connectivity index (χ2n) is 12.5. The first-order valence-corrected chi connectivity index (χ1v) is 16.7. The number of piperidine rings is 2. The van der Waals surface area contributed by atoms with Crippen LogP contribution in [0.15, 0.2) is 12.3 Å². The highest BCUT2D eigenvalue weighted by Gasteiger charge is 2.31. The zero-order valence-corrected chi connectivity index (χ0v) is 25.8. The highest BCUT2D eigenvalue weighted by molar-refractivity contribution is 5.79. The molecule has 5 rings (SSSR count). The molecule has 0 radical (unpaired) electrons. The van der Waals surface area contributed by atoms with E-state index in [0.717, 1.165) is 70.4 Å². The molecule has 1 saturated carbocycles. The summed E-state index contributed by atoms with van der Waals surface area (Å²) < 4.78 is 5.30. The maximum Gasteiger partial charge on any atom is 0.225 e. The number of ether oxygens (including phenoxy) is 1. The normalized spacial score (nSPS) is 23.3. The maximum absolute atomic E-state index is 13.1. The number of anilines is 2. The standard InChI is InChI=1S/C22H41N3O2.C10H16N4/c1-27-18-17-24(22(26)19-10-13-23-14-11-19)16-12-21-9-5-6-15-25(21)20-7-3-2-4-8-20;11-10-12-6-5-9(13-10)14-7-3-1-2-4-8-14/h19-21,23H,2-18H2,1H3;5-6H,1-4,7-8H2,(H2,11,12,13)/t21-;/m0./s1. The number of carbonyl (C=O) groups excluding carboxylic acids is 1. The number of nitrogens with one attached hydrogen (secondary N) is 1. The third-order valence-electron chi connectivity index (χ3n) is 9.60. The van der Waals surface area contributed by atoms with Gasteiger partial charge in [0.2, 0.25) is 11.9 Å². The van der Waals surface area contributed by atoms with Gasteiger partial charge in [-0.05, 0) is 83.5 Å². The molecule has 3 saturated heterocycles. The fourth-order valence-corrected chi connectivity index (χ4v) is 7.23. The first kappa shape index (κ1) is 32.0. The maximum atomic E-state index is 13.1. The van der Waals surface area contributed by atoms with Crippen LogP contribution in [0, 0.1) is 5.92 Å². The van der Waals surface area contributed by atoms with Crippen LogP contribution < -0.4 is 16.0 Å². The molecule has 4 fully saturated rings. The minimum absolute atomic E-state index is 0.212. The molecule has 1 aromatic heterocycles. The second kappa shape index (κ2) is 17.9. The lowest BCUT2D eigenvalue weighted by Crippen LogP contribution is -2.49. The van der Waals surface area contributed by atoms with Gasteiger partial charge in [0.05, 0.1) is 6.61 Å². The molecular formula is C32H57N7O2. The van der Waals surface area contributed by atoms with Crippen molar-refractivity contribution in [2.45, 2.75) is 108 Å². The van der Waals surface area contributed by atoms with Crippen LogP contribution in [0.25, 0.3) is 0 Å². The molecule has 9 nitrogen and oxygen atoms in total. The largest absolute Gasteiger partial charge is 0.383 e. The van der Waals surface area contributed by atoms with Crippen molar-refractivity contribution < 1.29 is 9.53 Å². The molecule has 3 N–H and O–H groups in total. The van der Waals surface area contributed by atoms with E-state index >= 15 is 0 Å². The summed E-state index contributed by atoms with van der Waals surface area (Å²) in [6.07, 6.45) is 21.0. The minimum atomic E-state index is 0.212. The van der Waals surface area contributed by atoms with Gasteiger partial charge in [0.15, 0.2) is 0 Å². The van der Waals surface area contributed by atoms with Gasteiger partial charge in [-0.25, -0.2) is 4.98 Å². The van der Waals surface area contributed by atoms with Gasteiger partial charge in [-0.3, -0.25) is 9.69 Å². The Morgan fingerprint density at radius 1 is 0.951 bits per heavy atom. The molecule has 1 amide bonds. The summed E-state index contributed by atoms with van der Waals surface area (Å²) in [7, 11) is 1.74. The van der Waals surface area contributed by atoms with Crippen molar-refractivity contribution in [1.82, 2.24) is 25.1 Å². The number of likely N-dealkylation sites (tertiary alicyclic amines) is 1. The lowest BCUT2D eigenvalue weighted by Gasteiger charge is -2.43. The Labute approximate surface area is 249 Å². The highest BCUT2D eigenvalue weighted by Crippen LogP contribution is 2.30. The molecule has 0 aromatic carbocycles. The molecule has 9 heteroatoms. The van der Waals surface area contributed by atoms with Crippen molar-refractivity contribution in [3.05, 3.63) is 12.3 Å². The zero-order valence-electron chi connectivity index (χ0n) is 25.8. The fraction of sp³-hybridized carbons (Fsp3) is 0.844. The summed E-state index contributed by atoms with van der Waals surface area (Å²) in [4.78, 5) is 28.5. The third kappa shape index (κ3) is 10.4. The molecule has 3 aliphatic heterocycles. The number of methoxy groups -OCH3 is 1. The second-order valence-corrected chi connectivity index (χ2v) is 12.5. The van der Waals surface area contributed by atoms with Crippen LogP contribution in [0.2, 0.25) is 0 Å². The van der Waals surface area contributed by atoms with Gasteiger partial charge >= 0.3 is 0 Å². The SMILES string of the molecule is COCCN(CC[C@@H]1CCCCN1C1CCCCC1)C(=O)C1CCNCC1.Nc1nccc(N2CCCCCC2)n1. The van der Waals surface area contributed by atoms with Crippen molar-refractivity contribution in [3.63, 3.8) is 0 Å². The predicted molar refractivity (Wildman–Crippen MR) is 167 cm³/mol. The number of aromatic nitrogens is 2. The fourth-order valence-electron chi connectivity index (χ4n) is 7.23. The summed E-state index contributed by atoms with van der Waals surface area (Å²) >= 11 is 0. The van der Waals surface area contributed by atoms with Gasteiger partial charge in [0, 0.05) is 57.5 Å². The summed E-state index contributed by atoms with van der Waals surface area (Å²) in [6.45, 7) is 7.71. The number of hydrogen-bond acceptors (Lipinski definition) is 8. The van der Waals surface area contributed by atoms with Crippen LogP contribution in [0.5, 0.6) is 0 Å². The van der Waals surface area contributed by atoms with E-state index in [4.69, 9.17) is 10.5 Å². The first-order chi connectivity index (χ1) is 20.2. The summed E-state index contributed by atoms with van der Waals surface area (Å²) in [6, 6.07) is 3.41. The number of hydrogen-bond donors (Lipinski definition) is 2. The molecule has 0 spiro atoms.